The molecule has 0 aliphatic carbocycles. The van der Waals surface area contributed by atoms with Crippen LogP contribution in [0.3, 0.4) is 0 Å². The number of carbonyl (C=O) groups excluding carboxylic acids is 1. The molecule has 0 aliphatic heterocycles. The minimum Gasteiger partial charge on any atom is -0.462 e. The average molecular weight is 453 g/mol. The molecule has 0 amide bonds. The zero-order valence-corrected chi connectivity index (χ0v) is 20.0. The van der Waals surface area contributed by atoms with Crippen LogP contribution in [-0.2, 0) is 11.2 Å². The molecule has 4 nitrogen and oxygen atoms in total. The zero-order chi connectivity index (χ0) is 22.4. The minimum absolute atomic E-state index is 0.0362. The van der Waals surface area contributed by atoms with E-state index in [1.54, 1.807) is 6.92 Å². The Balaban J connectivity index is 1.75. The number of carbonyl (C=O) groups is 1. The van der Waals surface area contributed by atoms with Crippen molar-refractivity contribution in [3.8, 4) is 0 Å². The van der Waals surface area contributed by atoms with E-state index in [0.717, 1.165) is 16.9 Å². The van der Waals surface area contributed by atoms with Crippen LogP contribution in [0.15, 0.2) is 54.6 Å². The first-order valence-corrected chi connectivity index (χ1v) is 11.6. The second-order valence-electron chi connectivity index (χ2n) is 7.50. The van der Waals surface area contributed by atoms with E-state index in [1.807, 2.05) is 24.3 Å². The maximum Gasteiger partial charge on any atom is 0.341 e. The van der Waals surface area contributed by atoms with Gasteiger partial charge in [-0.05, 0) is 68.2 Å². The Morgan fingerprint density at radius 2 is 1.84 bits per heavy atom. The zero-order valence-electron chi connectivity index (χ0n) is 18.3. The van der Waals surface area contributed by atoms with Crippen molar-refractivity contribution in [2.24, 2.45) is 0 Å². The Morgan fingerprint density at radius 3 is 2.52 bits per heavy atom. The van der Waals surface area contributed by atoms with Gasteiger partial charge >= 0.3 is 5.97 Å². The lowest BCUT2D eigenvalue weighted by molar-refractivity contribution is 0.0528. The standard InChI is InChI=1S/C25H28N2O2S2/c1-5-29-24(28)22-15-21(14-19-9-7-6-8-10-19)31-23(22)27-25(30)26-18(4)20-12-11-16(2)17(3)13-20/h6-13,15,18H,5,14H2,1-4H3,(H2,26,27,30). The molecule has 1 heterocycles. The van der Waals surface area contributed by atoms with Crippen LogP contribution in [0.4, 0.5) is 5.00 Å². The van der Waals surface area contributed by atoms with E-state index >= 15 is 0 Å². The maximum atomic E-state index is 12.5. The summed E-state index contributed by atoms with van der Waals surface area (Å²) in [6, 6.07) is 18.5. The Labute approximate surface area is 193 Å². The van der Waals surface area contributed by atoms with Crippen LogP contribution in [0.25, 0.3) is 0 Å². The number of hydrogen-bond donors (Lipinski definition) is 2. The number of thiophene rings is 1. The molecule has 31 heavy (non-hydrogen) atoms. The van der Waals surface area contributed by atoms with Crippen molar-refractivity contribution < 1.29 is 9.53 Å². The van der Waals surface area contributed by atoms with Crippen LogP contribution < -0.4 is 10.6 Å². The number of nitrogens with one attached hydrogen (secondary N) is 2. The number of anilines is 1. The molecular formula is C25H28N2O2S2. The number of rotatable bonds is 7. The molecule has 6 heteroatoms. The second-order valence-corrected chi connectivity index (χ2v) is 9.05. The number of benzene rings is 2. The van der Waals surface area contributed by atoms with Crippen LogP contribution in [-0.4, -0.2) is 17.7 Å². The largest absolute Gasteiger partial charge is 0.462 e. The molecule has 3 rings (SSSR count). The summed E-state index contributed by atoms with van der Waals surface area (Å²) in [6.07, 6.45) is 0.749. The molecule has 1 unspecified atom stereocenters. The van der Waals surface area contributed by atoms with Crippen molar-refractivity contribution in [1.29, 1.82) is 0 Å². The first kappa shape index (κ1) is 23.0. The van der Waals surface area contributed by atoms with Crippen LogP contribution in [0.2, 0.25) is 0 Å². The van der Waals surface area contributed by atoms with Gasteiger partial charge < -0.3 is 15.4 Å². The van der Waals surface area contributed by atoms with E-state index in [1.165, 1.54) is 28.0 Å². The number of hydrogen-bond acceptors (Lipinski definition) is 4. The van der Waals surface area contributed by atoms with Crippen LogP contribution in [0.1, 0.15) is 57.4 Å². The highest BCUT2D eigenvalue weighted by Crippen LogP contribution is 2.31. The third-order valence-electron chi connectivity index (χ3n) is 5.11. The molecule has 0 saturated carbocycles. The Morgan fingerprint density at radius 1 is 1.10 bits per heavy atom. The third kappa shape index (κ3) is 6.15. The first-order valence-electron chi connectivity index (χ1n) is 10.4. The monoisotopic (exact) mass is 452 g/mol. The van der Waals surface area contributed by atoms with E-state index in [2.05, 4.69) is 61.7 Å². The SMILES string of the molecule is CCOC(=O)c1cc(Cc2ccccc2)sc1NC(=S)NC(C)c1ccc(C)c(C)c1. The smallest absolute Gasteiger partial charge is 0.341 e. The van der Waals surface area contributed by atoms with E-state index in [9.17, 15) is 4.79 Å². The molecule has 0 radical (unpaired) electrons. The molecule has 0 bridgehead atoms. The van der Waals surface area contributed by atoms with Gasteiger partial charge in [0.15, 0.2) is 5.11 Å². The Hall–Kier alpha value is -2.70. The Bertz CT molecular complexity index is 1060. The van der Waals surface area contributed by atoms with Crippen molar-refractivity contribution >= 4 is 39.6 Å². The molecule has 0 spiro atoms. The molecule has 2 aromatic carbocycles. The third-order valence-corrected chi connectivity index (χ3v) is 6.38. The highest BCUT2D eigenvalue weighted by atomic mass is 32.1. The molecule has 0 aliphatic rings. The van der Waals surface area contributed by atoms with Gasteiger partial charge in [-0.2, -0.15) is 0 Å². The molecule has 0 fully saturated rings. The molecule has 0 saturated heterocycles. The molecule has 162 valence electrons. The van der Waals surface area contributed by atoms with E-state index < -0.39 is 0 Å². The molecule has 1 aromatic heterocycles. The van der Waals surface area contributed by atoms with Gasteiger partial charge in [0, 0.05) is 11.3 Å². The Kier molecular flexibility index (Phi) is 7.82. The van der Waals surface area contributed by atoms with E-state index in [-0.39, 0.29) is 12.0 Å². The van der Waals surface area contributed by atoms with Crippen LogP contribution >= 0.6 is 23.6 Å². The summed E-state index contributed by atoms with van der Waals surface area (Å²) in [5, 5.41) is 7.72. The minimum atomic E-state index is -0.342. The molecule has 3 aromatic rings. The van der Waals surface area contributed by atoms with Gasteiger partial charge in [-0.25, -0.2) is 4.79 Å². The highest BCUT2D eigenvalue weighted by molar-refractivity contribution is 7.80. The summed E-state index contributed by atoms with van der Waals surface area (Å²) in [7, 11) is 0. The topological polar surface area (TPSA) is 50.4 Å². The van der Waals surface area contributed by atoms with Gasteiger partial charge in [0.2, 0.25) is 0 Å². The van der Waals surface area contributed by atoms with Crippen molar-refractivity contribution in [3.05, 3.63) is 87.3 Å². The fourth-order valence-corrected chi connectivity index (χ4v) is 4.66. The fourth-order valence-electron chi connectivity index (χ4n) is 3.23. The lowest BCUT2D eigenvalue weighted by atomic mass is 10.0. The lowest BCUT2D eigenvalue weighted by Crippen LogP contribution is -2.31. The summed E-state index contributed by atoms with van der Waals surface area (Å²) in [5.41, 5.74) is 5.38. The summed E-state index contributed by atoms with van der Waals surface area (Å²) >= 11 is 7.08. The van der Waals surface area contributed by atoms with Crippen LogP contribution in [0, 0.1) is 13.8 Å². The number of esters is 1. The number of ether oxygens (including phenoxy) is 1. The van der Waals surface area contributed by atoms with Crippen molar-refractivity contribution in [3.63, 3.8) is 0 Å². The normalized spacial score (nSPS) is 11.6. The molecular weight excluding hydrogens is 424 g/mol. The van der Waals surface area contributed by atoms with Crippen molar-refractivity contribution in [1.82, 2.24) is 5.32 Å². The maximum absolute atomic E-state index is 12.5. The van der Waals surface area contributed by atoms with Crippen LogP contribution in [0.5, 0.6) is 0 Å². The number of thiocarbonyl (C=S) groups is 1. The van der Waals surface area contributed by atoms with E-state index in [0.29, 0.717) is 22.3 Å². The predicted octanol–water partition coefficient (Wildman–Crippen LogP) is 6.18. The van der Waals surface area contributed by atoms with Crippen molar-refractivity contribution in [2.45, 2.75) is 40.2 Å². The lowest BCUT2D eigenvalue weighted by Gasteiger charge is -2.18. The second kappa shape index (κ2) is 10.6. The van der Waals surface area contributed by atoms with Gasteiger partial charge in [-0.15, -0.1) is 11.3 Å². The van der Waals surface area contributed by atoms with Gasteiger partial charge in [-0.3, -0.25) is 0 Å². The molecule has 2 N–H and O–H groups in total. The average Bonchev–Trinajstić information content (AvgIpc) is 3.12. The summed E-state index contributed by atoms with van der Waals surface area (Å²) in [4.78, 5) is 13.6. The van der Waals surface area contributed by atoms with Gasteiger partial charge in [-0.1, -0.05) is 48.5 Å². The molecule has 1 atom stereocenters. The quantitative estimate of drug-likeness (QED) is 0.331. The summed E-state index contributed by atoms with van der Waals surface area (Å²) in [6.45, 7) is 8.41. The van der Waals surface area contributed by atoms with Gasteiger partial charge in [0.05, 0.1) is 18.2 Å². The predicted molar refractivity (Wildman–Crippen MR) is 133 cm³/mol. The van der Waals surface area contributed by atoms with Gasteiger partial charge in [0.1, 0.15) is 5.00 Å². The van der Waals surface area contributed by atoms with E-state index in [4.69, 9.17) is 17.0 Å². The summed E-state index contributed by atoms with van der Waals surface area (Å²) in [5.74, 6) is -0.342. The van der Waals surface area contributed by atoms with Crippen molar-refractivity contribution in [2.75, 3.05) is 11.9 Å². The highest BCUT2D eigenvalue weighted by Gasteiger charge is 2.19. The van der Waals surface area contributed by atoms with Gasteiger partial charge in [0.25, 0.3) is 0 Å². The fraction of sp³-hybridized carbons (Fsp3) is 0.280. The number of aryl methyl sites for hydroxylation is 2. The first-order chi connectivity index (χ1) is 14.9. The summed E-state index contributed by atoms with van der Waals surface area (Å²) < 4.78 is 5.25.